The highest BCUT2D eigenvalue weighted by atomic mass is 16.7. The number of hydrogen-bond acceptors (Lipinski definition) is 17. The summed E-state index contributed by atoms with van der Waals surface area (Å²) in [5.41, 5.74) is -1.64. The minimum atomic E-state index is -2.09. The Morgan fingerprint density at radius 1 is 0.785 bits per heavy atom. The highest BCUT2D eigenvalue weighted by Gasteiger charge is 2.64. The van der Waals surface area contributed by atoms with E-state index in [-0.39, 0.29) is 54.7 Å². The van der Waals surface area contributed by atoms with Crippen LogP contribution in [-0.4, -0.2) is 164 Å². The summed E-state index contributed by atoms with van der Waals surface area (Å²) >= 11 is 0. The van der Waals surface area contributed by atoms with Gasteiger partial charge >= 0.3 is 0 Å². The molecule has 7 aliphatic heterocycles. The largest absolute Gasteiger partial charge is 0.550 e. The SMILES string of the molecule is CO[C@@H]1[C@@H](OC)[C@H](C)[C@@](O)(CC(=O)[O-])O[C@H]1[C@H](C)[C@H]1O[C@@]2(CC[C@@](C)([C@H]3CC[C@@](C)([C@@H]4O[C@@H]([C@H]5O[C@](C)(O)[C@H](C)C[C@@H]5C)C[C@@H]4O[C@H]4O[C@@H](C)C[C@H](OC)[C@@H]4OC)O3)O2)C[C@H](O)[C@H]1C.[NH4+]. The molecule has 18 nitrogen and oxygen atoms in total. The summed E-state index contributed by atoms with van der Waals surface area (Å²) in [7, 11) is 6.32. The number of aliphatic carboxylic acids is 1. The summed E-state index contributed by atoms with van der Waals surface area (Å²) in [4.78, 5) is 11.8. The maximum Gasteiger partial charge on any atom is 0.186 e. The van der Waals surface area contributed by atoms with Crippen LogP contribution in [0.3, 0.4) is 0 Å². The molecule has 65 heavy (non-hydrogen) atoms. The van der Waals surface area contributed by atoms with Crippen LogP contribution in [0.5, 0.6) is 0 Å². The van der Waals surface area contributed by atoms with Gasteiger partial charge in [-0.1, -0.05) is 34.6 Å². The Labute approximate surface area is 385 Å². The number of carbonyl (C=O) groups excluding carboxylic acids is 1. The number of aliphatic hydroxyl groups excluding tert-OH is 1. The van der Waals surface area contributed by atoms with Crippen molar-refractivity contribution in [3.8, 4) is 0 Å². The normalized spacial score (nSPS) is 53.2. The van der Waals surface area contributed by atoms with Crippen molar-refractivity contribution in [1.29, 1.82) is 0 Å². The highest BCUT2D eigenvalue weighted by Crippen LogP contribution is 2.55. The van der Waals surface area contributed by atoms with Crippen LogP contribution in [0.25, 0.3) is 0 Å². The summed E-state index contributed by atoms with van der Waals surface area (Å²) in [6.07, 6.45) is -3.69. The van der Waals surface area contributed by atoms with Gasteiger partial charge in [-0.2, -0.15) is 0 Å². The summed E-state index contributed by atoms with van der Waals surface area (Å²) < 4.78 is 77.8. The maximum absolute atomic E-state index is 11.8. The summed E-state index contributed by atoms with van der Waals surface area (Å²) in [6, 6.07) is 0. The molecule has 1 spiro atoms. The van der Waals surface area contributed by atoms with Gasteiger partial charge < -0.3 is 88.2 Å². The molecule has 0 radical (unpaired) electrons. The van der Waals surface area contributed by atoms with Gasteiger partial charge in [0.25, 0.3) is 0 Å². The van der Waals surface area contributed by atoms with E-state index in [0.717, 1.165) is 6.42 Å². The van der Waals surface area contributed by atoms with E-state index in [4.69, 9.17) is 56.8 Å². The second-order valence-electron chi connectivity index (χ2n) is 21.3. The molecular formula is C47H83NO17. The molecule has 0 aromatic heterocycles. The fourth-order valence-corrected chi connectivity index (χ4v) is 12.6. The van der Waals surface area contributed by atoms with Crippen LogP contribution in [0.4, 0.5) is 0 Å². The van der Waals surface area contributed by atoms with Crippen molar-refractivity contribution >= 4 is 5.97 Å². The Morgan fingerprint density at radius 3 is 2.09 bits per heavy atom. The molecule has 378 valence electrons. The third-order valence-corrected chi connectivity index (χ3v) is 16.7. The zero-order valence-electron chi connectivity index (χ0n) is 41.4. The number of ether oxygens (including phenoxy) is 12. The topological polar surface area (TPSA) is 248 Å². The third kappa shape index (κ3) is 10.1. The number of carbonyl (C=O) groups is 1. The zero-order chi connectivity index (χ0) is 46.9. The van der Waals surface area contributed by atoms with E-state index in [1.807, 2.05) is 34.6 Å². The summed E-state index contributed by atoms with van der Waals surface area (Å²) in [5.74, 6) is -7.62. The van der Waals surface area contributed by atoms with Gasteiger partial charge in [0.15, 0.2) is 23.7 Å². The Bertz CT molecular complexity index is 1610. The van der Waals surface area contributed by atoms with Crippen molar-refractivity contribution in [3.05, 3.63) is 0 Å². The first-order valence-electron chi connectivity index (χ1n) is 23.8. The number of carboxylic acid groups (broad SMARTS) is 1. The van der Waals surface area contributed by atoms with E-state index < -0.39 is 114 Å². The molecule has 0 unspecified atom stereocenters. The van der Waals surface area contributed by atoms with Crippen molar-refractivity contribution in [2.24, 2.45) is 29.6 Å². The average Bonchev–Trinajstić information content (AvgIpc) is 3.94. The molecule has 0 aliphatic carbocycles. The second-order valence-corrected chi connectivity index (χ2v) is 21.3. The molecule has 7 saturated heterocycles. The van der Waals surface area contributed by atoms with Crippen molar-refractivity contribution in [3.63, 3.8) is 0 Å². The predicted molar refractivity (Wildman–Crippen MR) is 231 cm³/mol. The molecule has 0 aromatic carbocycles. The highest BCUT2D eigenvalue weighted by molar-refractivity contribution is 5.65. The van der Waals surface area contributed by atoms with Gasteiger partial charge in [0.05, 0.1) is 72.2 Å². The first kappa shape index (κ1) is 53.2. The summed E-state index contributed by atoms with van der Waals surface area (Å²) in [6.45, 7) is 17.4. The van der Waals surface area contributed by atoms with Crippen LogP contribution in [0.2, 0.25) is 0 Å². The minimum absolute atomic E-state index is 0. The van der Waals surface area contributed by atoms with Gasteiger partial charge in [-0.15, -0.1) is 0 Å². The molecule has 7 N–H and O–H groups in total. The molecule has 0 amide bonds. The molecular weight excluding hydrogens is 851 g/mol. The maximum atomic E-state index is 11.8. The smallest absolute Gasteiger partial charge is 0.186 e. The standard InChI is InChI=1S/C47H80O17.H3N/c1-23-18-24(2)45(9,51)61-35(23)31-20-32(59-42-39(55-12)30(53-10)19-25(3)57-42)41(58-31)44(8)15-14-33(60-44)43(7)16-17-46(64-43)21-29(48)26(4)36(62-46)27(5)37-40(56-13)38(54-11)28(6)47(52,63-37)22-34(49)50;/h23-33,35-42,48,51-52H,14-22H2,1-13H3,(H,49,50);1H3/t23-,24+,25-,26+,27+,28-,29-,30-,31+,32-,33+,35-,36-,37-,38-,39-,40-,41+,42+,43-,44-,45-,46+,47+;/m0./s1. The number of rotatable bonds is 13. The number of methoxy groups -OCH3 is 4. The predicted octanol–water partition coefficient (Wildman–Crippen LogP) is 3.36. The van der Waals surface area contributed by atoms with Gasteiger partial charge in [-0.3, -0.25) is 0 Å². The Balaban J connectivity index is 0.00000700. The first-order valence-corrected chi connectivity index (χ1v) is 23.8. The Kier molecular flexibility index (Phi) is 16.3. The first-order chi connectivity index (χ1) is 30.0. The van der Waals surface area contributed by atoms with E-state index in [2.05, 4.69) is 13.8 Å². The minimum Gasteiger partial charge on any atom is -0.550 e. The number of aliphatic hydroxyl groups is 3. The van der Waals surface area contributed by atoms with E-state index in [9.17, 15) is 25.2 Å². The van der Waals surface area contributed by atoms with Crippen molar-refractivity contribution < 1.29 is 82.1 Å². The van der Waals surface area contributed by atoms with Crippen molar-refractivity contribution in [1.82, 2.24) is 6.15 Å². The van der Waals surface area contributed by atoms with Gasteiger partial charge in [0.1, 0.15) is 18.3 Å². The van der Waals surface area contributed by atoms with Gasteiger partial charge in [0, 0.05) is 90.2 Å². The molecule has 7 aliphatic rings. The lowest BCUT2D eigenvalue weighted by molar-refractivity contribution is -0.373. The van der Waals surface area contributed by atoms with Gasteiger partial charge in [-0.25, -0.2) is 0 Å². The fourth-order valence-electron chi connectivity index (χ4n) is 12.6. The number of carboxylic acids is 1. The van der Waals surface area contributed by atoms with Crippen LogP contribution in [-0.2, 0) is 61.6 Å². The third-order valence-electron chi connectivity index (χ3n) is 16.7. The molecule has 0 aromatic rings. The van der Waals surface area contributed by atoms with Crippen LogP contribution >= 0.6 is 0 Å². The monoisotopic (exact) mass is 934 g/mol. The number of quaternary nitrogens is 1. The van der Waals surface area contributed by atoms with Crippen LogP contribution in [0.1, 0.15) is 120 Å². The van der Waals surface area contributed by atoms with E-state index in [1.165, 1.54) is 14.2 Å². The zero-order valence-corrected chi connectivity index (χ0v) is 41.4. The summed E-state index contributed by atoms with van der Waals surface area (Å²) in [5, 5.41) is 46.4. The molecule has 24 atom stereocenters. The molecule has 18 heteroatoms. The lowest BCUT2D eigenvalue weighted by atomic mass is 9.75. The van der Waals surface area contributed by atoms with Crippen molar-refractivity contribution in [2.45, 2.75) is 234 Å². The van der Waals surface area contributed by atoms with E-state index in [1.54, 1.807) is 28.1 Å². The van der Waals surface area contributed by atoms with E-state index in [0.29, 0.717) is 38.5 Å². The quantitative estimate of drug-likeness (QED) is 0.207. The van der Waals surface area contributed by atoms with Crippen LogP contribution < -0.4 is 11.3 Å². The fraction of sp³-hybridized carbons (Fsp3) is 0.979. The Morgan fingerprint density at radius 2 is 1.46 bits per heavy atom. The second kappa shape index (κ2) is 19.9. The molecule has 0 bridgehead atoms. The Hall–Kier alpha value is -1.17. The lowest BCUT2D eigenvalue weighted by Gasteiger charge is -2.54. The molecule has 0 saturated carbocycles. The van der Waals surface area contributed by atoms with Crippen LogP contribution in [0, 0.1) is 29.6 Å². The van der Waals surface area contributed by atoms with E-state index >= 15 is 0 Å². The number of hydrogen-bond donors (Lipinski definition) is 4. The molecule has 7 heterocycles. The lowest BCUT2D eigenvalue weighted by Crippen LogP contribution is -2.66. The van der Waals surface area contributed by atoms with Gasteiger partial charge in [0.2, 0.25) is 0 Å². The van der Waals surface area contributed by atoms with Crippen molar-refractivity contribution in [2.75, 3.05) is 28.4 Å². The average molecular weight is 934 g/mol. The molecule has 7 fully saturated rings. The van der Waals surface area contributed by atoms with Gasteiger partial charge in [-0.05, 0) is 59.3 Å². The van der Waals surface area contributed by atoms with Crippen LogP contribution in [0.15, 0.2) is 0 Å². The molecule has 7 rings (SSSR count).